The molecule has 0 saturated carbocycles. The lowest BCUT2D eigenvalue weighted by Gasteiger charge is -2.33. The van der Waals surface area contributed by atoms with Crippen LogP contribution in [0.25, 0.3) is 0 Å². The van der Waals surface area contributed by atoms with Crippen LogP contribution in [-0.4, -0.2) is 61.7 Å². The molecule has 0 heterocycles. The normalized spacial score (nSPS) is 11.3. The Morgan fingerprint density at radius 3 is 2.14 bits per heavy atom. The molecule has 0 aromatic rings. The lowest BCUT2D eigenvalue weighted by Crippen LogP contribution is -2.34. The van der Waals surface area contributed by atoms with Gasteiger partial charge in [0.1, 0.15) is 0 Å². The largest absolute Gasteiger partial charge is 0.633 e. The number of amides is 2. The van der Waals surface area contributed by atoms with Gasteiger partial charge in [0.05, 0.1) is 20.6 Å². The molecule has 2 amide bonds. The summed E-state index contributed by atoms with van der Waals surface area (Å²) in [7, 11) is 3.28. The van der Waals surface area contributed by atoms with Gasteiger partial charge in [-0.2, -0.15) is 11.8 Å². The van der Waals surface area contributed by atoms with Gasteiger partial charge in [-0.05, 0) is 25.0 Å². The third kappa shape index (κ3) is 15.6. The molecule has 0 aliphatic rings. The number of thioether (sulfide) groups is 1. The first-order chi connectivity index (χ1) is 10.3. The Balaban J connectivity index is 3.35. The van der Waals surface area contributed by atoms with Crippen molar-refractivity contribution in [3.8, 4) is 0 Å². The quantitative estimate of drug-likeness (QED) is 0.304. The highest BCUT2D eigenvalue weighted by Crippen LogP contribution is 2.06. The molecule has 6 nitrogen and oxygen atoms in total. The van der Waals surface area contributed by atoms with Crippen LogP contribution in [0.5, 0.6) is 0 Å². The minimum absolute atomic E-state index is 0.0559. The summed E-state index contributed by atoms with van der Waals surface area (Å²) >= 11 is 1.72. The smallest absolute Gasteiger partial charge is 0.220 e. The summed E-state index contributed by atoms with van der Waals surface area (Å²) in [6.45, 7) is 3.78. The van der Waals surface area contributed by atoms with Gasteiger partial charge in [-0.15, -0.1) is 0 Å². The number of hydrogen-bond acceptors (Lipinski definition) is 4. The van der Waals surface area contributed by atoms with Crippen molar-refractivity contribution in [2.75, 3.05) is 45.2 Å². The van der Waals surface area contributed by atoms with Gasteiger partial charge in [-0.1, -0.05) is 6.92 Å². The number of nitrogens with one attached hydrogen (secondary N) is 2. The van der Waals surface area contributed by atoms with Crippen molar-refractivity contribution in [3.63, 3.8) is 0 Å². The second kappa shape index (κ2) is 12.7. The number of quaternary nitrogens is 1. The Morgan fingerprint density at radius 1 is 1.00 bits per heavy atom. The highest BCUT2D eigenvalue weighted by atomic mass is 32.2. The maximum atomic E-state index is 11.6. The zero-order valence-corrected chi connectivity index (χ0v) is 15.0. The van der Waals surface area contributed by atoms with Crippen LogP contribution < -0.4 is 10.6 Å². The zero-order chi connectivity index (χ0) is 16.8. The van der Waals surface area contributed by atoms with Gasteiger partial charge in [-0.3, -0.25) is 9.59 Å². The molecule has 0 aliphatic heterocycles. The molecule has 0 aromatic heterocycles. The second-order valence-corrected chi connectivity index (χ2v) is 7.04. The SMILES string of the molecule is CCCC(=O)NCCCNC(=O)CCCSCC[N+](C)(C)[O-]. The van der Waals surface area contributed by atoms with E-state index in [2.05, 4.69) is 10.6 Å². The van der Waals surface area contributed by atoms with Crippen molar-refractivity contribution < 1.29 is 14.2 Å². The van der Waals surface area contributed by atoms with Crippen LogP contribution in [0.15, 0.2) is 0 Å². The summed E-state index contributed by atoms with van der Waals surface area (Å²) < 4.78 is -0.262. The molecule has 0 saturated heterocycles. The van der Waals surface area contributed by atoms with Gasteiger partial charge in [0.25, 0.3) is 0 Å². The number of rotatable bonds is 13. The van der Waals surface area contributed by atoms with E-state index in [0.29, 0.717) is 32.5 Å². The summed E-state index contributed by atoms with van der Waals surface area (Å²) in [4.78, 5) is 22.8. The van der Waals surface area contributed by atoms with Gasteiger partial charge >= 0.3 is 0 Å². The topological polar surface area (TPSA) is 81.3 Å². The molecule has 0 bridgehead atoms. The van der Waals surface area contributed by atoms with Gasteiger partial charge < -0.3 is 20.5 Å². The third-order valence-corrected chi connectivity index (χ3v) is 3.99. The van der Waals surface area contributed by atoms with E-state index in [4.69, 9.17) is 0 Å². The Morgan fingerprint density at radius 2 is 1.59 bits per heavy atom. The Hall–Kier alpha value is -0.790. The van der Waals surface area contributed by atoms with Crippen molar-refractivity contribution >= 4 is 23.6 Å². The van der Waals surface area contributed by atoms with E-state index in [9.17, 15) is 14.8 Å². The summed E-state index contributed by atoms with van der Waals surface area (Å²) in [6.07, 6.45) is 3.52. The van der Waals surface area contributed by atoms with Crippen LogP contribution in [0.4, 0.5) is 0 Å². The van der Waals surface area contributed by atoms with Gasteiger partial charge in [0, 0.05) is 31.7 Å². The molecule has 0 unspecified atom stereocenters. The van der Waals surface area contributed by atoms with Crippen LogP contribution in [0.3, 0.4) is 0 Å². The number of hydroxylamine groups is 3. The molecule has 2 N–H and O–H groups in total. The predicted octanol–water partition coefficient (Wildman–Crippen LogP) is 1.50. The molecule has 22 heavy (non-hydrogen) atoms. The summed E-state index contributed by atoms with van der Waals surface area (Å²) in [5, 5.41) is 17.0. The fourth-order valence-electron chi connectivity index (χ4n) is 1.67. The van der Waals surface area contributed by atoms with Crippen LogP contribution in [-0.2, 0) is 9.59 Å². The van der Waals surface area contributed by atoms with E-state index in [1.807, 2.05) is 6.92 Å². The number of hydrogen-bond donors (Lipinski definition) is 2. The maximum Gasteiger partial charge on any atom is 0.220 e. The number of nitrogens with zero attached hydrogens (tertiary/aromatic N) is 1. The first-order valence-corrected chi connectivity index (χ1v) is 9.15. The van der Waals surface area contributed by atoms with Crippen molar-refractivity contribution in [3.05, 3.63) is 5.21 Å². The summed E-state index contributed by atoms with van der Waals surface area (Å²) in [5.74, 6) is 1.86. The van der Waals surface area contributed by atoms with Crippen LogP contribution >= 0.6 is 11.8 Å². The average molecular weight is 333 g/mol. The van der Waals surface area contributed by atoms with E-state index in [1.165, 1.54) is 0 Å². The molecule has 7 heteroatoms. The second-order valence-electron chi connectivity index (χ2n) is 5.82. The maximum absolute atomic E-state index is 11.6. The molecule has 0 spiro atoms. The van der Waals surface area contributed by atoms with E-state index in [0.717, 1.165) is 30.8 Å². The lowest BCUT2D eigenvalue weighted by molar-refractivity contribution is -0.837. The van der Waals surface area contributed by atoms with E-state index in [1.54, 1.807) is 25.9 Å². The first-order valence-electron chi connectivity index (χ1n) is 8.00. The molecule has 0 aromatic carbocycles. The lowest BCUT2D eigenvalue weighted by atomic mass is 10.3. The van der Waals surface area contributed by atoms with E-state index >= 15 is 0 Å². The molecule has 0 rings (SSSR count). The fourth-order valence-corrected chi connectivity index (χ4v) is 2.79. The predicted molar refractivity (Wildman–Crippen MR) is 92.4 cm³/mol. The minimum atomic E-state index is -0.262. The van der Waals surface area contributed by atoms with Crippen molar-refractivity contribution in [2.24, 2.45) is 0 Å². The van der Waals surface area contributed by atoms with Crippen molar-refractivity contribution in [1.29, 1.82) is 0 Å². The molecular weight excluding hydrogens is 302 g/mol. The molecule has 0 fully saturated rings. The monoisotopic (exact) mass is 333 g/mol. The molecular formula is C15H31N3O3S. The zero-order valence-electron chi connectivity index (χ0n) is 14.2. The van der Waals surface area contributed by atoms with Crippen LogP contribution in [0, 0.1) is 5.21 Å². The average Bonchev–Trinajstić information content (AvgIpc) is 2.41. The standard InChI is InChI=1S/C15H31N3O3S/c1-4-7-14(19)16-9-6-10-17-15(20)8-5-12-22-13-11-18(2,3)21/h4-13H2,1-3H3,(H,16,19)(H,17,20). The van der Waals surface area contributed by atoms with Gasteiger partial charge in [-0.25, -0.2) is 0 Å². The molecule has 0 aliphatic carbocycles. The highest BCUT2D eigenvalue weighted by molar-refractivity contribution is 7.99. The Kier molecular flexibility index (Phi) is 12.3. The van der Waals surface area contributed by atoms with E-state index < -0.39 is 0 Å². The highest BCUT2D eigenvalue weighted by Gasteiger charge is 2.03. The fraction of sp³-hybridized carbons (Fsp3) is 0.867. The Labute approximate surface area is 138 Å². The summed E-state index contributed by atoms with van der Waals surface area (Å²) in [5.41, 5.74) is 0. The van der Waals surface area contributed by atoms with Crippen LogP contribution in [0.2, 0.25) is 0 Å². The van der Waals surface area contributed by atoms with E-state index in [-0.39, 0.29) is 16.5 Å². The van der Waals surface area contributed by atoms with Crippen molar-refractivity contribution in [2.45, 2.75) is 39.0 Å². The first kappa shape index (κ1) is 21.2. The van der Waals surface area contributed by atoms with Crippen molar-refractivity contribution in [1.82, 2.24) is 10.6 Å². The molecule has 0 radical (unpaired) electrons. The molecule has 0 atom stereocenters. The summed E-state index contributed by atoms with van der Waals surface area (Å²) in [6, 6.07) is 0. The Bertz CT molecular complexity index is 320. The van der Waals surface area contributed by atoms with Gasteiger partial charge in [0.2, 0.25) is 11.8 Å². The van der Waals surface area contributed by atoms with Gasteiger partial charge in [0.15, 0.2) is 0 Å². The minimum Gasteiger partial charge on any atom is -0.633 e. The third-order valence-electron chi connectivity index (χ3n) is 2.94. The number of carbonyl (C=O) groups excluding carboxylic acids is 2. The van der Waals surface area contributed by atoms with Crippen LogP contribution in [0.1, 0.15) is 39.0 Å². The molecule has 130 valence electrons. The number of carbonyl (C=O) groups is 2.